The van der Waals surface area contributed by atoms with Crippen molar-refractivity contribution in [3.63, 3.8) is 0 Å². The Kier molecular flexibility index (Phi) is 8.55. The molecule has 4 rings (SSSR count). The highest BCUT2D eigenvalue weighted by Crippen LogP contribution is 2.40. The highest BCUT2D eigenvalue weighted by molar-refractivity contribution is 6.32. The SMILES string of the molecule is Fc1nc(N2CCOCC2)c(F)c(Oc2ccccc2OCCCCN2CCOCC2)c1Cl. The molecule has 33 heavy (non-hydrogen) atoms. The Balaban J connectivity index is 1.41. The van der Waals surface area contributed by atoms with E-state index in [1.165, 1.54) is 0 Å². The number of aromatic nitrogens is 1. The molecule has 0 bridgehead atoms. The summed E-state index contributed by atoms with van der Waals surface area (Å²) < 4.78 is 52.0. The molecule has 2 aliphatic heterocycles. The zero-order valence-electron chi connectivity index (χ0n) is 18.4. The molecular weight excluding hydrogens is 456 g/mol. The Labute approximate surface area is 197 Å². The van der Waals surface area contributed by atoms with Crippen LogP contribution in [0.15, 0.2) is 24.3 Å². The van der Waals surface area contributed by atoms with Gasteiger partial charge in [0, 0.05) is 26.2 Å². The van der Waals surface area contributed by atoms with Gasteiger partial charge in [-0.3, -0.25) is 4.90 Å². The van der Waals surface area contributed by atoms with E-state index in [9.17, 15) is 4.39 Å². The van der Waals surface area contributed by atoms with Crippen molar-refractivity contribution in [3.8, 4) is 17.2 Å². The van der Waals surface area contributed by atoms with Gasteiger partial charge in [0.05, 0.1) is 33.0 Å². The van der Waals surface area contributed by atoms with Crippen LogP contribution in [-0.4, -0.2) is 75.6 Å². The predicted octanol–water partition coefficient (Wildman–Crippen LogP) is 4.13. The predicted molar refractivity (Wildman–Crippen MR) is 121 cm³/mol. The van der Waals surface area contributed by atoms with Crippen LogP contribution in [0.25, 0.3) is 0 Å². The van der Waals surface area contributed by atoms with Crippen LogP contribution in [-0.2, 0) is 9.47 Å². The first-order chi connectivity index (χ1) is 16.1. The van der Waals surface area contributed by atoms with Crippen molar-refractivity contribution in [1.29, 1.82) is 0 Å². The first-order valence-corrected chi connectivity index (χ1v) is 11.6. The lowest BCUT2D eigenvalue weighted by molar-refractivity contribution is 0.0368. The second kappa shape index (κ2) is 11.8. The third-order valence-electron chi connectivity index (χ3n) is 5.58. The molecule has 180 valence electrons. The summed E-state index contributed by atoms with van der Waals surface area (Å²) in [5.74, 6) is -1.67. The molecule has 1 aromatic heterocycles. The fourth-order valence-electron chi connectivity index (χ4n) is 3.77. The zero-order chi connectivity index (χ0) is 23.0. The second-order valence-corrected chi connectivity index (χ2v) is 8.22. The zero-order valence-corrected chi connectivity index (χ0v) is 19.2. The number of ether oxygens (including phenoxy) is 4. The topological polar surface area (TPSA) is 56.3 Å². The minimum Gasteiger partial charge on any atom is -0.490 e. The van der Waals surface area contributed by atoms with E-state index in [0.29, 0.717) is 38.7 Å². The monoisotopic (exact) mass is 483 g/mol. The van der Waals surface area contributed by atoms with E-state index in [-0.39, 0.29) is 11.6 Å². The lowest BCUT2D eigenvalue weighted by atomic mass is 10.3. The van der Waals surface area contributed by atoms with E-state index < -0.39 is 22.5 Å². The number of unbranched alkanes of at least 4 members (excludes halogenated alkanes) is 1. The quantitative estimate of drug-likeness (QED) is 0.392. The van der Waals surface area contributed by atoms with Crippen LogP contribution in [0.1, 0.15) is 12.8 Å². The Morgan fingerprint density at radius 2 is 1.61 bits per heavy atom. The average Bonchev–Trinajstić information content (AvgIpc) is 2.86. The number of benzene rings is 1. The Hall–Kier alpha value is -2.20. The number of para-hydroxylation sites is 2. The van der Waals surface area contributed by atoms with Gasteiger partial charge in [0.15, 0.2) is 23.1 Å². The summed E-state index contributed by atoms with van der Waals surface area (Å²) in [6.45, 7) is 6.55. The molecule has 2 saturated heterocycles. The third kappa shape index (κ3) is 6.23. The number of hydrogen-bond donors (Lipinski definition) is 0. The van der Waals surface area contributed by atoms with Crippen LogP contribution in [0.5, 0.6) is 17.2 Å². The standard InChI is InChI=1S/C23H28ClF2N3O4/c24-19-21(20(25)23(27-22(19)26)29-10-15-31-16-11-29)33-18-6-2-1-5-17(18)32-12-4-3-7-28-8-13-30-14-9-28/h1-2,5-6H,3-4,7-16H2. The summed E-state index contributed by atoms with van der Waals surface area (Å²) in [6.07, 6.45) is 1.84. The van der Waals surface area contributed by atoms with Gasteiger partial charge in [0.2, 0.25) is 11.8 Å². The summed E-state index contributed by atoms with van der Waals surface area (Å²) in [5.41, 5.74) is 0. The molecule has 2 fully saturated rings. The largest absolute Gasteiger partial charge is 0.490 e. The van der Waals surface area contributed by atoms with Crippen molar-refractivity contribution >= 4 is 17.4 Å². The fraction of sp³-hybridized carbons (Fsp3) is 0.522. The Morgan fingerprint density at radius 3 is 2.33 bits per heavy atom. The molecule has 0 spiro atoms. The molecular formula is C23H28ClF2N3O4. The number of halogens is 3. The summed E-state index contributed by atoms with van der Waals surface area (Å²) in [7, 11) is 0. The number of hydrogen-bond acceptors (Lipinski definition) is 7. The van der Waals surface area contributed by atoms with Crippen LogP contribution in [0.3, 0.4) is 0 Å². The molecule has 0 N–H and O–H groups in total. The van der Waals surface area contributed by atoms with Crippen LogP contribution < -0.4 is 14.4 Å². The van der Waals surface area contributed by atoms with E-state index in [2.05, 4.69) is 9.88 Å². The highest BCUT2D eigenvalue weighted by atomic mass is 35.5. The molecule has 7 nitrogen and oxygen atoms in total. The van der Waals surface area contributed by atoms with Crippen LogP contribution >= 0.6 is 11.6 Å². The minimum absolute atomic E-state index is 0.142. The van der Waals surface area contributed by atoms with E-state index in [0.717, 1.165) is 45.7 Å². The van der Waals surface area contributed by atoms with Gasteiger partial charge in [-0.05, 0) is 31.5 Å². The maximum absolute atomic E-state index is 15.3. The van der Waals surface area contributed by atoms with Gasteiger partial charge < -0.3 is 23.8 Å². The molecule has 0 saturated carbocycles. The Bertz CT molecular complexity index is 925. The molecule has 3 heterocycles. The normalized spacial score (nSPS) is 17.2. The molecule has 10 heteroatoms. The van der Waals surface area contributed by atoms with Crippen molar-refractivity contribution in [2.45, 2.75) is 12.8 Å². The van der Waals surface area contributed by atoms with Gasteiger partial charge in [0.1, 0.15) is 5.02 Å². The third-order valence-corrected chi connectivity index (χ3v) is 5.91. The first kappa shape index (κ1) is 23.9. The maximum Gasteiger partial charge on any atom is 0.237 e. The lowest BCUT2D eigenvalue weighted by Crippen LogP contribution is -2.37. The van der Waals surface area contributed by atoms with E-state index in [1.54, 1.807) is 29.2 Å². The summed E-state index contributed by atoms with van der Waals surface area (Å²) >= 11 is 6.03. The number of pyridine rings is 1. The molecule has 0 atom stereocenters. The van der Waals surface area contributed by atoms with Gasteiger partial charge in [-0.15, -0.1) is 0 Å². The molecule has 0 aliphatic carbocycles. The number of nitrogens with zero attached hydrogens (tertiary/aromatic N) is 3. The van der Waals surface area contributed by atoms with E-state index in [4.69, 9.17) is 30.5 Å². The fourth-order valence-corrected chi connectivity index (χ4v) is 3.93. The van der Waals surface area contributed by atoms with Crippen molar-refractivity contribution in [1.82, 2.24) is 9.88 Å². The molecule has 0 amide bonds. The summed E-state index contributed by atoms with van der Waals surface area (Å²) in [5, 5.41) is -0.509. The van der Waals surface area contributed by atoms with Gasteiger partial charge >= 0.3 is 0 Å². The second-order valence-electron chi connectivity index (χ2n) is 7.84. The number of rotatable bonds is 9. The van der Waals surface area contributed by atoms with Gasteiger partial charge in [-0.2, -0.15) is 13.8 Å². The first-order valence-electron chi connectivity index (χ1n) is 11.2. The van der Waals surface area contributed by atoms with Crippen LogP contribution in [0.2, 0.25) is 5.02 Å². The van der Waals surface area contributed by atoms with Gasteiger partial charge in [-0.25, -0.2) is 0 Å². The van der Waals surface area contributed by atoms with Crippen LogP contribution in [0.4, 0.5) is 14.6 Å². The number of morpholine rings is 2. The van der Waals surface area contributed by atoms with E-state index in [1.807, 2.05) is 0 Å². The molecule has 2 aliphatic rings. The van der Waals surface area contributed by atoms with Gasteiger partial charge in [-0.1, -0.05) is 23.7 Å². The maximum atomic E-state index is 15.3. The molecule has 0 radical (unpaired) electrons. The van der Waals surface area contributed by atoms with Crippen LogP contribution in [0, 0.1) is 11.8 Å². The minimum atomic E-state index is -0.990. The molecule has 0 unspecified atom stereocenters. The average molecular weight is 484 g/mol. The summed E-state index contributed by atoms with van der Waals surface area (Å²) in [4.78, 5) is 7.69. The van der Waals surface area contributed by atoms with Crippen molar-refractivity contribution in [2.24, 2.45) is 0 Å². The lowest BCUT2D eigenvalue weighted by Gasteiger charge is -2.28. The molecule has 1 aromatic carbocycles. The Morgan fingerprint density at radius 1 is 0.939 bits per heavy atom. The van der Waals surface area contributed by atoms with Crippen molar-refractivity contribution in [2.75, 3.05) is 70.7 Å². The molecule has 2 aromatic rings. The van der Waals surface area contributed by atoms with Gasteiger partial charge in [0.25, 0.3) is 0 Å². The van der Waals surface area contributed by atoms with E-state index >= 15 is 4.39 Å². The van der Waals surface area contributed by atoms with Crippen molar-refractivity contribution in [3.05, 3.63) is 41.1 Å². The number of anilines is 1. The highest BCUT2D eigenvalue weighted by Gasteiger charge is 2.26. The summed E-state index contributed by atoms with van der Waals surface area (Å²) in [6, 6.07) is 6.88. The van der Waals surface area contributed by atoms with Crippen molar-refractivity contribution < 1.29 is 27.7 Å². The smallest absolute Gasteiger partial charge is 0.237 e.